The van der Waals surface area contributed by atoms with Gasteiger partial charge in [-0.25, -0.2) is 17.6 Å². The molecule has 2 rings (SSSR count). The van der Waals surface area contributed by atoms with E-state index in [1.807, 2.05) is 0 Å². The Kier molecular flexibility index (Phi) is 3.91. The van der Waals surface area contributed by atoms with Gasteiger partial charge in [-0.15, -0.1) is 0 Å². The topological polar surface area (TPSA) is 20.2 Å². The fourth-order valence-electron chi connectivity index (χ4n) is 1.67. The zero-order chi connectivity index (χ0) is 14.2. The minimum Gasteiger partial charge on any atom is -0.383 e. The van der Waals surface area contributed by atoms with Crippen molar-refractivity contribution in [3.05, 3.63) is 69.2 Å². The van der Waals surface area contributed by atoms with Crippen LogP contribution in [0.1, 0.15) is 17.2 Å². The predicted molar refractivity (Wildman–Crippen MR) is 64.5 cm³/mol. The Morgan fingerprint density at radius 1 is 0.947 bits per heavy atom. The molecule has 1 unspecified atom stereocenters. The van der Waals surface area contributed by atoms with E-state index in [0.29, 0.717) is 6.07 Å². The SMILES string of the molecule is OC(c1cc(F)ccc1F)c1c(F)ccc(Br)c1F. The molecule has 19 heavy (non-hydrogen) atoms. The summed E-state index contributed by atoms with van der Waals surface area (Å²) in [6.45, 7) is 0. The number of aliphatic hydroxyl groups is 1. The molecule has 0 fully saturated rings. The number of rotatable bonds is 2. The molecule has 0 aliphatic carbocycles. The van der Waals surface area contributed by atoms with Crippen molar-refractivity contribution in [2.24, 2.45) is 0 Å². The van der Waals surface area contributed by atoms with Crippen LogP contribution in [0.15, 0.2) is 34.8 Å². The summed E-state index contributed by atoms with van der Waals surface area (Å²) in [4.78, 5) is 0. The Labute approximate surface area is 114 Å². The van der Waals surface area contributed by atoms with E-state index in [1.54, 1.807) is 0 Å². The molecule has 0 aromatic heterocycles. The second-order valence-corrected chi connectivity index (χ2v) is 4.68. The summed E-state index contributed by atoms with van der Waals surface area (Å²) in [5.74, 6) is -3.87. The van der Waals surface area contributed by atoms with Crippen molar-refractivity contribution in [2.75, 3.05) is 0 Å². The molecule has 1 atom stereocenters. The largest absolute Gasteiger partial charge is 0.383 e. The van der Waals surface area contributed by atoms with Gasteiger partial charge in [0.2, 0.25) is 0 Å². The average molecular weight is 335 g/mol. The van der Waals surface area contributed by atoms with Gasteiger partial charge in [-0.1, -0.05) is 0 Å². The lowest BCUT2D eigenvalue weighted by Gasteiger charge is -2.15. The molecule has 0 saturated carbocycles. The van der Waals surface area contributed by atoms with Crippen LogP contribution in [-0.4, -0.2) is 5.11 Å². The fraction of sp³-hybridized carbons (Fsp3) is 0.0769. The molecule has 0 radical (unpaired) electrons. The summed E-state index contributed by atoms with van der Waals surface area (Å²) in [6, 6.07) is 4.35. The molecular weight excluding hydrogens is 328 g/mol. The number of hydrogen-bond acceptors (Lipinski definition) is 1. The number of benzene rings is 2. The Balaban J connectivity index is 2.59. The van der Waals surface area contributed by atoms with Crippen LogP contribution < -0.4 is 0 Å². The monoisotopic (exact) mass is 334 g/mol. The van der Waals surface area contributed by atoms with Crippen molar-refractivity contribution >= 4 is 15.9 Å². The second kappa shape index (κ2) is 5.30. The van der Waals surface area contributed by atoms with E-state index in [0.717, 1.165) is 24.3 Å². The molecule has 1 nitrogen and oxygen atoms in total. The van der Waals surface area contributed by atoms with Crippen molar-refractivity contribution < 1.29 is 22.7 Å². The maximum absolute atomic E-state index is 13.8. The number of hydrogen-bond donors (Lipinski definition) is 1. The van der Waals surface area contributed by atoms with E-state index in [-0.39, 0.29) is 4.47 Å². The van der Waals surface area contributed by atoms with E-state index in [1.165, 1.54) is 0 Å². The third-order valence-electron chi connectivity index (χ3n) is 2.61. The number of halogens is 5. The van der Waals surface area contributed by atoms with Crippen molar-refractivity contribution in [1.82, 2.24) is 0 Å². The highest BCUT2D eigenvalue weighted by Crippen LogP contribution is 2.32. The molecule has 0 saturated heterocycles. The molecule has 0 aliphatic rings. The maximum atomic E-state index is 13.8. The lowest BCUT2D eigenvalue weighted by atomic mass is 10.00. The summed E-state index contributed by atoms with van der Waals surface area (Å²) in [5, 5.41) is 9.88. The van der Waals surface area contributed by atoms with Gasteiger partial charge in [0.05, 0.1) is 10.0 Å². The van der Waals surface area contributed by atoms with Crippen LogP contribution in [0.5, 0.6) is 0 Å². The second-order valence-electron chi connectivity index (χ2n) is 3.83. The molecule has 1 N–H and O–H groups in total. The third kappa shape index (κ3) is 2.64. The van der Waals surface area contributed by atoms with Gasteiger partial charge in [0.25, 0.3) is 0 Å². The Morgan fingerprint density at radius 3 is 2.26 bits per heavy atom. The van der Waals surface area contributed by atoms with Gasteiger partial charge in [0.1, 0.15) is 29.4 Å². The van der Waals surface area contributed by atoms with Crippen molar-refractivity contribution in [3.63, 3.8) is 0 Å². The molecule has 100 valence electrons. The molecule has 2 aromatic rings. The van der Waals surface area contributed by atoms with Crippen LogP contribution in [0, 0.1) is 23.3 Å². The minimum atomic E-state index is -1.94. The molecule has 6 heteroatoms. The summed E-state index contributed by atoms with van der Waals surface area (Å²) in [6.07, 6.45) is -1.94. The normalized spacial score (nSPS) is 12.5. The van der Waals surface area contributed by atoms with Gasteiger partial charge < -0.3 is 5.11 Å². The summed E-state index contributed by atoms with van der Waals surface area (Å²) in [5.41, 5.74) is -1.27. The molecule has 2 aromatic carbocycles. The summed E-state index contributed by atoms with van der Waals surface area (Å²) >= 11 is 2.83. The van der Waals surface area contributed by atoms with E-state index >= 15 is 0 Å². The van der Waals surface area contributed by atoms with Crippen LogP contribution in [-0.2, 0) is 0 Å². The molecule has 0 bridgehead atoms. The van der Waals surface area contributed by atoms with Gasteiger partial charge in [0.15, 0.2) is 0 Å². The van der Waals surface area contributed by atoms with Crippen LogP contribution in [0.4, 0.5) is 17.6 Å². The van der Waals surface area contributed by atoms with Crippen LogP contribution in [0.3, 0.4) is 0 Å². The van der Waals surface area contributed by atoms with E-state index < -0.39 is 40.5 Å². The molecule has 0 aliphatic heterocycles. The van der Waals surface area contributed by atoms with Crippen LogP contribution in [0.2, 0.25) is 0 Å². The zero-order valence-corrected chi connectivity index (χ0v) is 10.9. The van der Waals surface area contributed by atoms with Gasteiger partial charge in [-0.3, -0.25) is 0 Å². The standard InChI is InChI=1S/C13H7BrF4O/c14-8-2-4-10(17)11(12(8)18)13(19)7-5-6(15)1-3-9(7)16/h1-5,13,19H. The molecular formula is C13H7BrF4O. The fourth-order valence-corrected chi connectivity index (χ4v) is 2.02. The smallest absolute Gasteiger partial charge is 0.146 e. The molecule has 0 heterocycles. The zero-order valence-electron chi connectivity index (χ0n) is 9.30. The quantitative estimate of drug-likeness (QED) is 0.648. The van der Waals surface area contributed by atoms with Crippen LogP contribution >= 0.6 is 15.9 Å². The van der Waals surface area contributed by atoms with Crippen molar-refractivity contribution in [1.29, 1.82) is 0 Å². The lowest BCUT2D eigenvalue weighted by molar-refractivity contribution is 0.203. The first-order valence-corrected chi connectivity index (χ1v) is 5.97. The summed E-state index contributed by atoms with van der Waals surface area (Å²) in [7, 11) is 0. The van der Waals surface area contributed by atoms with E-state index in [4.69, 9.17) is 0 Å². The van der Waals surface area contributed by atoms with Crippen molar-refractivity contribution in [3.8, 4) is 0 Å². The first kappa shape index (κ1) is 14.0. The predicted octanol–water partition coefficient (Wildman–Crippen LogP) is 4.09. The number of aliphatic hydroxyl groups excluding tert-OH is 1. The van der Waals surface area contributed by atoms with Crippen molar-refractivity contribution in [2.45, 2.75) is 6.10 Å². The first-order chi connectivity index (χ1) is 8.91. The first-order valence-electron chi connectivity index (χ1n) is 5.18. The highest BCUT2D eigenvalue weighted by molar-refractivity contribution is 9.10. The summed E-state index contributed by atoms with van der Waals surface area (Å²) < 4.78 is 53.8. The molecule has 0 amide bonds. The van der Waals surface area contributed by atoms with Gasteiger partial charge in [-0.2, -0.15) is 0 Å². The molecule has 0 spiro atoms. The average Bonchev–Trinajstić information content (AvgIpc) is 2.37. The van der Waals surface area contributed by atoms with Gasteiger partial charge >= 0.3 is 0 Å². The Morgan fingerprint density at radius 2 is 1.58 bits per heavy atom. The maximum Gasteiger partial charge on any atom is 0.146 e. The van der Waals surface area contributed by atoms with E-state index in [9.17, 15) is 22.7 Å². The Bertz CT molecular complexity index is 630. The minimum absolute atomic E-state index is 0.0836. The van der Waals surface area contributed by atoms with Crippen LogP contribution in [0.25, 0.3) is 0 Å². The van der Waals surface area contributed by atoms with Gasteiger partial charge in [0, 0.05) is 5.56 Å². The lowest BCUT2D eigenvalue weighted by Crippen LogP contribution is -2.08. The van der Waals surface area contributed by atoms with Gasteiger partial charge in [-0.05, 0) is 46.3 Å². The van der Waals surface area contributed by atoms with E-state index in [2.05, 4.69) is 15.9 Å². The third-order valence-corrected chi connectivity index (χ3v) is 3.22. The highest BCUT2D eigenvalue weighted by atomic mass is 79.9. The highest BCUT2D eigenvalue weighted by Gasteiger charge is 2.24. The Hall–Kier alpha value is -1.40.